The van der Waals surface area contributed by atoms with E-state index in [0.717, 1.165) is 24.0 Å². The summed E-state index contributed by atoms with van der Waals surface area (Å²) in [7, 11) is 0. The smallest absolute Gasteiger partial charge is 0.444 e. The molecule has 1 aliphatic heterocycles. The summed E-state index contributed by atoms with van der Waals surface area (Å²) in [6.45, 7) is 6.05. The van der Waals surface area contributed by atoms with E-state index in [1.165, 1.54) is 24.3 Å². The van der Waals surface area contributed by atoms with Gasteiger partial charge in [0.05, 0.1) is 12.2 Å². The lowest BCUT2D eigenvalue weighted by Gasteiger charge is -2.40. The zero-order valence-electron chi connectivity index (χ0n) is 21.7. The first kappa shape index (κ1) is 26.5. The number of rotatable bonds is 7. The maximum Gasteiger partial charge on any atom is 0.573 e. The molecule has 2 fully saturated rings. The van der Waals surface area contributed by atoms with E-state index in [0.29, 0.717) is 36.2 Å². The highest BCUT2D eigenvalue weighted by molar-refractivity contribution is 6.10. The number of carbonyl (C=O) groups excluding carboxylic acids is 1. The molecule has 1 aromatic carbocycles. The number of likely N-dealkylation sites (tertiary alicyclic amines) is 1. The monoisotopic (exact) mass is 542 g/mol. The number of benzene rings is 1. The van der Waals surface area contributed by atoms with Crippen LogP contribution in [0.1, 0.15) is 45.2 Å². The zero-order chi connectivity index (χ0) is 27.9. The minimum Gasteiger partial charge on any atom is -0.444 e. The predicted octanol–water partition coefficient (Wildman–Crippen LogP) is 6.16. The molecule has 0 atom stereocenters. The van der Waals surface area contributed by atoms with Crippen molar-refractivity contribution in [3.63, 3.8) is 0 Å². The van der Waals surface area contributed by atoms with Crippen molar-refractivity contribution in [2.75, 3.05) is 18.4 Å². The van der Waals surface area contributed by atoms with E-state index in [2.05, 4.69) is 20.1 Å². The SMILES string of the molecule is CC(C)(C)OC(=O)N1CC(C(=N)c2c(-c3cnn(C4CC4)c3)ccnc2Nc2ccc(OC(F)(F)F)cc2)C1. The Hall–Kier alpha value is -4.09. The normalized spacial score (nSPS) is 16.0. The summed E-state index contributed by atoms with van der Waals surface area (Å²) in [4.78, 5) is 18.5. The first-order valence-corrected chi connectivity index (χ1v) is 12.6. The summed E-state index contributed by atoms with van der Waals surface area (Å²) in [6, 6.07) is 7.49. The third kappa shape index (κ3) is 6.32. The quantitative estimate of drug-likeness (QED) is 0.347. The van der Waals surface area contributed by atoms with Gasteiger partial charge in [-0.1, -0.05) is 0 Å². The minimum absolute atomic E-state index is 0.248. The van der Waals surface area contributed by atoms with Crippen molar-refractivity contribution in [3.05, 3.63) is 54.5 Å². The number of nitrogens with zero attached hydrogens (tertiary/aromatic N) is 4. The molecule has 5 rings (SSSR count). The lowest BCUT2D eigenvalue weighted by atomic mass is 9.87. The first-order valence-electron chi connectivity index (χ1n) is 12.6. The Bertz CT molecular complexity index is 1370. The van der Waals surface area contributed by atoms with E-state index in [4.69, 9.17) is 10.1 Å². The Morgan fingerprint density at radius 3 is 2.41 bits per heavy atom. The lowest BCUT2D eigenvalue weighted by Crippen LogP contribution is -2.54. The summed E-state index contributed by atoms with van der Waals surface area (Å²) in [5.74, 6) is -0.217. The van der Waals surface area contributed by atoms with Crippen molar-refractivity contribution in [3.8, 4) is 16.9 Å². The van der Waals surface area contributed by atoms with Crippen LogP contribution >= 0.6 is 0 Å². The Balaban J connectivity index is 1.42. The fraction of sp³-hybridized carbons (Fsp3) is 0.407. The number of hydrogen-bond donors (Lipinski definition) is 2. The molecule has 2 N–H and O–H groups in total. The van der Waals surface area contributed by atoms with Gasteiger partial charge < -0.3 is 25.1 Å². The van der Waals surface area contributed by atoms with Gasteiger partial charge in [-0.25, -0.2) is 9.78 Å². The number of pyridine rings is 1. The standard InChI is InChI=1S/C27H29F3N6O3/c1-26(2,3)39-25(37)35-13-17(14-35)23(31)22-21(16-12-33-36(15-16)19-6-7-19)10-11-32-24(22)34-18-4-8-20(9-5-18)38-27(28,29)30/h4-5,8-12,15,17,19,31H,6-7,13-14H2,1-3H3,(H,32,34). The molecule has 0 spiro atoms. The number of anilines is 2. The highest BCUT2D eigenvalue weighted by Gasteiger charge is 2.38. The molecule has 1 saturated heterocycles. The van der Waals surface area contributed by atoms with Gasteiger partial charge in [0.25, 0.3) is 0 Å². The number of alkyl halides is 3. The van der Waals surface area contributed by atoms with Crippen LogP contribution in [0.3, 0.4) is 0 Å². The molecule has 0 radical (unpaired) electrons. The molecular weight excluding hydrogens is 513 g/mol. The Morgan fingerprint density at radius 1 is 1.10 bits per heavy atom. The molecule has 1 amide bonds. The summed E-state index contributed by atoms with van der Waals surface area (Å²) >= 11 is 0. The molecule has 2 aromatic heterocycles. The van der Waals surface area contributed by atoms with Crippen molar-refractivity contribution in [1.82, 2.24) is 19.7 Å². The number of nitrogens with one attached hydrogen (secondary N) is 2. The second-order valence-electron chi connectivity index (χ2n) is 10.7. The fourth-order valence-electron chi connectivity index (χ4n) is 4.30. The third-order valence-electron chi connectivity index (χ3n) is 6.35. The van der Waals surface area contributed by atoms with Gasteiger partial charge in [-0.2, -0.15) is 5.10 Å². The third-order valence-corrected chi connectivity index (χ3v) is 6.35. The molecule has 0 bridgehead atoms. The van der Waals surface area contributed by atoms with Crippen LogP contribution in [0.4, 0.5) is 29.5 Å². The van der Waals surface area contributed by atoms with Crippen LogP contribution < -0.4 is 10.1 Å². The maximum absolute atomic E-state index is 12.6. The summed E-state index contributed by atoms with van der Waals surface area (Å²) in [5, 5.41) is 16.7. The van der Waals surface area contributed by atoms with E-state index in [9.17, 15) is 18.0 Å². The van der Waals surface area contributed by atoms with Gasteiger partial charge in [-0.05, 0) is 69.5 Å². The van der Waals surface area contributed by atoms with E-state index in [1.54, 1.807) is 38.1 Å². The number of halogens is 3. The number of hydrogen-bond acceptors (Lipinski definition) is 7. The van der Waals surface area contributed by atoms with E-state index < -0.39 is 18.1 Å². The van der Waals surface area contributed by atoms with Crippen LogP contribution in [-0.4, -0.2) is 56.5 Å². The maximum atomic E-state index is 12.6. The van der Waals surface area contributed by atoms with E-state index >= 15 is 0 Å². The van der Waals surface area contributed by atoms with Gasteiger partial charge in [0.1, 0.15) is 17.2 Å². The summed E-state index contributed by atoms with van der Waals surface area (Å²) < 4.78 is 49.0. The summed E-state index contributed by atoms with van der Waals surface area (Å²) in [6.07, 6.45) is 2.25. The predicted molar refractivity (Wildman–Crippen MR) is 138 cm³/mol. The van der Waals surface area contributed by atoms with Crippen LogP contribution in [0.25, 0.3) is 11.1 Å². The van der Waals surface area contributed by atoms with Crippen molar-refractivity contribution in [2.24, 2.45) is 5.92 Å². The largest absolute Gasteiger partial charge is 0.573 e. The van der Waals surface area contributed by atoms with Crippen LogP contribution in [0.15, 0.2) is 48.9 Å². The lowest BCUT2D eigenvalue weighted by molar-refractivity contribution is -0.274. The molecule has 0 unspecified atom stereocenters. The van der Waals surface area contributed by atoms with Gasteiger partial charge in [0.15, 0.2) is 0 Å². The van der Waals surface area contributed by atoms with Gasteiger partial charge in [0, 0.05) is 53.9 Å². The van der Waals surface area contributed by atoms with Crippen molar-refractivity contribution >= 4 is 23.3 Å². The molecule has 9 nitrogen and oxygen atoms in total. The Labute approximate surface area is 223 Å². The van der Waals surface area contributed by atoms with Gasteiger partial charge >= 0.3 is 12.5 Å². The molecule has 3 aromatic rings. The van der Waals surface area contributed by atoms with Gasteiger partial charge in [-0.15, -0.1) is 13.2 Å². The first-order chi connectivity index (χ1) is 18.4. The number of ether oxygens (including phenoxy) is 2. The fourth-order valence-corrected chi connectivity index (χ4v) is 4.30. The molecule has 1 aliphatic carbocycles. The van der Waals surface area contributed by atoms with Crippen molar-refractivity contribution < 1.29 is 27.4 Å². The Morgan fingerprint density at radius 2 is 1.79 bits per heavy atom. The number of carbonyl (C=O) groups is 1. The van der Waals surface area contributed by atoms with Crippen molar-refractivity contribution in [2.45, 2.75) is 51.6 Å². The number of amides is 1. The van der Waals surface area contributed by atoms with Crippen LogP contribution in [0.2, 0.25) is 0 Å². The van der Waals surface area contributed by atoms with Gasteiger partial charge in [0.2, 0.25) is 0 Å². The Kier molecular flexibility index (Phi) is 6.73. The molecule has 2 aliphatic rings. The highest BCUT2D eigenvalue weighted by Crippen LogP contribution is 2.38. The average molecular weight is 543 g/mol. The molecule has 206 valence electrons. The van der Waals surface area contributed by atoms with Crippen molar-refractivity contribution in [1.29, 1.82) is 5.41 Å². The molecule has 1 saturated carbocycles. The molecule has 12 heteroatoms. The highest BCUT2D eigenvalue weighted by atomic mass is 19.4. The second kappa shape index (κ2) is 9.90. The van der Waals surface area contributed by atoms with E-state index in [1.807, 2.05) is 16.9 Å². The second-order valence-corrected chi connectivity index (χ2v) is 10.7. The van der Waals surface area contributed by atoms with Gasteiger partial charge in [-0.3, -0.25) is 4.68 Å². The molecule has 39 heavy (non-hydrogen) atoms. The number of aromatic nitrogens is 3. The topological polar surface area (TPSA) is 105 Å². The zero-order valence-corrected chi connectivity index (χ0v) is 21.7. The average Bonchev–Trinajstić information content (AvgIpc) is 3.53. The minimum atomic E-state index is -4.78. The van der Waals surface area contributed by atoms with Crippen LogP contribution in [-0.2, 0) is 4.74 Å². The molecule has 3 heterocycles. The van der Waals surface area contributed by atoms with Crippen LogP contribution in [0.5, 0.6) is 5.75 Å². The van der Waals surface area contributed by atoms with E-state index in [-0.39, 0.29) is 17.4 Å². The van der Waals surface area contributed by atoms with Crippen LogP contribution in [0, 0.1) is 11.3 Å². The molecular formula is C27H29F3N6O3. The summed E-state index contributed by atoms with van der Waals surface area (Å²) in [5.41, 5.74) is 2.25.